The molecule has 0 unspecified atom stereocenters. The standard InChI is InChI=1S/C19H18BrN3O2S/c20-15-3-1-14(2-4-15)18-6-5-16(26-18)13-22-8-10-23(11-9-22)19(24)17-7-12-25-21-17/h1-7,12H,8-11,13H2. The van der Waals surface area contributed by atoms with E-state index in [9.17, 15) is 4.79 Å². The second kappa shape index (κ2) is 7.73. The minimum absolute atomic E-state index is 0.0490. The van der Waals surface area contributed by atoms with Crippen LogP contribution in [0.3, 0.4) is 0 Å². The first kappa shape index (κ1) is 17.5. The number of piperazine rings is 1. The molecule has 1 aliphatic rings. The molecule has 0 aliphatic carbocycles. The maximum atomic E-state index is 12.3. The quantitative estimate of drug-likeness (QED) is 0.623. The van der Waals surface area contributed by atoms with Gasteiger partial charge in [-0.25, -0.2) is 0 Å². The van der Waals surface area contributed by atoms with Gasteiger partial charge in [0, 0.05) is 53.0 Å². The number of rotatable bonds is 4. The van der Waals surface area contributed by atoms with Gasteiger partial charge in [0.05, 0.1) is 0 Å². The molecule has 1 amide bonds. The highest BCUT2D eigenvalue weighted by atomic mass is 79.9. The average Bonchev–Trinajstić information content (AvgIpc) is 3.35. The van der Waals surface area contributed by atoms with E-state index in [0.717, 1.165) is 37.2 Å². The molecular weight excluding hydrogens is 414 g/mol. The summed E-state index contributed by atoms with van der Waals surface area (Å²) in [5, 5.41) is 3.73. The second-order valence-corrected chi connectivity index (χ2v) is 8.31. The van der Waals surface area contributed by atoms with Crippen LogP contribution in [0.5, 0.6) is 0 Å². The summed E-state index contributed by atoms with van der Waals surface area (Å²) in [6.45, 7) is 4.10. The number of amides is 1. The zero-order chi connectivity index (χ0) is 17.9. The Balaban J connectivity index is 1.33. The van der Waals surface area contributed by atoms with Gasteiger partial charge in [-0.05, 0) is 29.8 Å². The first-order valence-electron chi connectivity index (χ1n) is 8.46. The van der Waals surface area contributed by atoms with Gasteiger partial charge in [-0.3, -0.25) is 9.69 Å². The number of halogens is 1. The number of nitrogens with zero attached hydrogens (tertiary/aromatic N) is 3. The summed E-state index contributed by atoms with van der Waals surface area (Å²) in [6.07, 6.45) is 1.43. The number of hydrogen-bond donors (Lipinski definition) is 0. The molecule has 26 heavy (non-hydrogen) atoms. The molecule has 7 heteroatoms. The van der Waals surface area contributed by atoms with E-state index in [-0.39, 0.29) is 5.91 Å². The lowest BCUT2D eigenvalue weighted by molar-refractivity contribution is 0.0619. The smallest absolute Gasteiger partial charge is 0.276 e. The predicted molar refractivity (Wildman–Crippen MR) is 105 cm³/mol. The maximum Gasteiger partial charge on any atom is 0.276 e. The molecule has 0 saturated carbocycles. The van der Waals surface area contributed by atoms with Crippen molar-refractivity contribution in [3.05, 3.63) is 63.8 Å². The number of hydrogen-bond acceptors (Lipinski definition) is 5. The third kappa shape index (κ3) is 3.90. The minimum atomic E-state index is -0.0490. The van der Waals surface area contributed by atoms with E-state index in [0.29, 0.717) is 5.69 Å². The Morgan fingerprint density at radius 2 is 1.85 bits per heavy atom. The molecule has 1 saturated heterocycles. The van der Waals surface area contributed by atoms with Crippen molar-refractivity contribution in [3.8, 4) is 10.4 Å². The lowest BCUT2D eigenvalue weighted by Crippen LogP contribution is -2.48. The fourth-order valence-corrected chi connectivity index (χ4v) is 4.37. The molecule has 0 bridgehead atoms. The summed E-state index contributed by atoms with van der Waals surface area (Å²) in [4.78, 5) is 19.2. The van der Waals surface area contributed by atoms with Crippen molar-refractivity contribution in [1.29, 1.82) is 0 Å². The van der Waals surface area contributed by atoms with Crippen molar-refractivity contribution in [2.75, 3.05) is 26.2 Å². The van der Waals surface area contributed by atoms with Crippen LogP contribution in [0.2, 0.25) is 0 Å². The topological polar surface area (TPSA) is 49.6 Å². The van der Waals surface area contributed by atoms with Crippen molar-refractivity contribution in [1.82, 2.24) is 15.0 Å². The SMILES string of the molecule is O=C(c1ccon1)N1CCN(Cc2ccc(-c3ccc(Br)cc3)s2)CC1. The molecule has 3 heterocycles. The molecule has 1 fully saturated rings. The van der Waals surface area contributed by atoms with Crippen LogP contribution in [0.1, 0.15) is 15.4 Å². The van der Waals surface area contributed by atoms with Crippen molar-refractivity contribution in [2.45, 2.75) is 6.54 Å². The van der Waals surface area contributed by atoms with Crippen LogP contribution in [-0.4, -0.2) is 47.0 Å². The van der Waals surface area contributed by atoms with Gasteiger partial charge in [0.1, 0.15) is 6.26 Å². The molecule has 3 aromatic rings. The monoisotopic (exact) mass is 431 g/mol. The van der Waals surface area contributed by atoms with Crippen LogP contribution in [0.15, 0.2) is 57.7 Å². The van der Waals surface area contributed by atoms with Crippen LogP contribution in [-0.2, 0) is 6.54 Å². The fourth-order valence-electron chi connectivity index (χ4n) is 3.05. The lowest BCUT2D eigenvalue weighted by atomic mass is 10.2. The molecule has 5 nitrogen and oxygen atoms in total. The normalized spacial score (nSPS) is 15.3. The average molecular weight is 432 g/mol. The molecule has 1 aromatic carbocycles. The summed E-state index contributed by atoms with van der Waals surface area (Å²) in [7, 11) is 0. The largest absolute Gasteiger partial charge is 0.364 e. The van der Waals surface area contributed by atoms with E-state index >= 15 is 0 Å². The number of benzene rings is 1. The van der Waals surface area contributed by atoms with Gasteiger partial charge < -0.3 is 9.42 Å². The van der Waals surface area contributed by atoms with E-state index in [1.807, 2.05) is 16.2 Å². The van der Waals surface area contributed by atoms with Gasteiger partial charge in [0.2, 0.25) is 0 Å². The van der Waals surface area contributed by atoms with Gasteiger partial charge in [-0.1, -0.05) is 33.2 Å². The van der Waals surface area contributed by atoms with Gasteiger partial charge in [-0.2, -0.15) is 0 Å². The molecule has 0 N–H and O–H groups in total. The number of carbonyl (C=O) groups excluding carboxylic acids is 1. The van der Waals surface area contributed by atoms with Gasteiger partial charge in [0.25, 0.3) is 5.91 Å². The Morgan fingerprint density at radius 1 is 1.08 bits per heavy atom. The first-order chi connectivity index (χ1) is 12.7. The molecule has 1 aliphatic heterocycles. The Kier molecular flexibility index (Phi) is 5.19. The van der Waals surface area contributed by atoms with Crippen molar-refractivity contribution in [3.63, 3.8) is 0 Å². The minimum Gasteiger partial charge on any atom is -0.364 e. The maximum absolute atomic E-state index is 12.3. The van der Waals surface area contributed by atoms with Gasteiger partial charge >= 0.3 is 0 Å². The van der Waals surface area contributed by atoms with Crippen molar-refractivity contribution in [2.24, 2.45) is 0 Å². The molecular formula is C19H18BrN3O2S. The highest BCUT2D eigenvalue weighted by molar-refractivity contribution is 9.10. The van der Waals surface area contributed by atoms with Crippen molar-refractivity contribution < 1.29 is 9.32 Å². The summed E-state index contributed by atoms with van der Waals surface area (Å²) in [5.41, 5.74) is 1.63. The Labute approximate surface area is 164 Å². The lowest BCUT2D eigenvalue weighted by Gasteiger charge is -2.34. The second-order valence-electron chi connectivity index (χ2n) is 6.23. The summed E-state index contributed by atoms with van der Waals surface area (Å²) < 4.78 is 5.86. The number of aromatic nitrogens is 1. The Bertz CT molecular complexity index is 869. The molecule has 4 rings (SSSR count). The highest BCUT2D eigenvalue weighted by Gasteiger charge is 2.23. The van der Waals surface area contributed by atoms with Crippen molar-refractivity contribution >= 4 is 33.2 Å². The fraction of sp³-hybridized carbons (Fsp3) is 0.263. The molecule has 0 spiro atoms. The van der Waals surface area contributed by atoms with E-state index < -0.39 is 0 Å². The van der Waals surface area contributed by atoms with Crippen LogP contribution < -0.4 is 0 Å². The molecule has 2 aromatic heterocycles. The van der Waals surface area contributed by atoms with Gasteiger partial charge in [-0.15, -0.1) is 11.3 Å². The Morgan fingerprint density at radius 3 is 2.54 bits per heavy atom. The number of carbonyl (C=O) groups is 1. The van der Waals surface area contributed by atoms with Crippen LogP contribution >= 0.6 is 27.3 Å². The summed E-state index contributed by atoms with van der Waals surface area (Å²) in [6, 6.07) is 14.4. The summed E-state index contributed by atoms with van der Waals surface area (Å²) in [5.74, 6) is -0.0490. The molecule has 0 atom stereocenters. The summed E-state index contributed by atoms with van der Waals surface area (Å²) >= 11 is 5.31. The first-order valence-corrected chi connectivity index (χ1v) is 10.1. The van der Waals surface area contributed by atoms with E-state index in [1.54, 1.807) is 6.07 Å². The molecule has 0 radical (unpaired) electrons. The molecule has 134 valence electrons. The zero-order valence-electron chi connectivity index (χ0n) is 14.1. The van der Waals surface area contributed by atoms with E-state index in [2.05, 4.69) is 62.4 Å². The zero-order valence-corrected chi connectivity index (χ0v) is 16.5. The number of thiophene rings is 1. The third-order valence-electron chi connectivity index (χ3n) is 4.49. The third-order valence-corrected chi connectivity index (χ3v) is 6.13. The van der Waals surface area contributed by atoms with E-state index in [4.69, 9.17) is 4.52 Å². The highest BCUT2D eigenvalue weighted by Crippen LogP contribution is 2.30. The van der Waals surface area contributed by atoms with Crippen LogP contribution in [0.4, 0.5) is 0 Å². The predicted octanol–water partition coefficient (Wildman–Crippen LogP) is 4.12. The van der Waals surface area contributed by atoms with Gasteiger partial charge in [0.15, 0.2) is 5.69 Å². The van der Waals surface area contributed by atoms with E-state index in [1.165, 1.54) is 21.6 Å². The van der Waals surface area contributed by atoms with Crippen LogP contribution in [0, 0.1) is 0 Å². The van der Waals surface area contributed by atoms with Crippen LogP contribution in [0.25, 0.3) is 10.4 Å². The Hall–Kier alpha value is -1.96.